The molecule has 1 fully saturated rings. The molecule has 0 bridgehead atoms. The first-order valence-corrected chi connectivity index (χ1v) is 10.9. The Morgan fingerprint density at radius 1 is 1.25 bits per heavy atom. The van der Waals surface area contributed by atoms with Gasteiger partial charge in [0.15, 0.2) is 0 Å². The van der Waals surface area contributed by atoms with Crippen molar-refractivity contribution in [2.24, 2.45) is 5.92 Å². The van der Waals surface area contributed by atoms with Gasteiger partial charge in [-0.2, -0.15) is 0 Å². The van der Waals surface area contributed by atoms with E-state index in [9.17, 15) is 5.11 Å². The van der Waals surface area contributed by atoms with E-state index >= 15 is 0 Å². The summed E-state index contributed by atoms with van der Waals surface area (Å²) in [5.41, 5.74) is -0.939. The lowest BCUT2D eigenvalue weighted by Gasteiger charge is -2.33. The number of likely N-dealkylation sites (tertiary alicyclic amines) is 1. The van der Waals surface area contributed by atoms with Gasteiger partial charge in [-0.25, -0.2) is 0 Å². The third-order valence-corrected chi connectivity index (χ3v) is 6.02. The molecule has 4 nitrogen and oxygen atoms in total. The summed E-state index contributed by atoms with van der Waals surface area (Å²) in [5.74, 6) is 8.79. The lowest BCUT2D eigenvalue weighted by Crippen LogP contribution is -2.37. The van der Waals surface area contributed by atoms with Gasteiger partial charge in [-0.3, -0.25) is 4.90 Å². The van der Waals surface area contributed by atoms with Gasteiger partial charge in [-0.15, -0.1) is 11.3 Å². The largest absolute Gasteiger partial charge is 0.465 e. The first kappa shape index (κ1) is 21.1. The van der Waals surface area contributed by atoms with E-state index in [1.165, 1.54) is 17.7 Å². The molecule has 3 rings (SSSR count). The number of hydrogen-bond acceptors (Lipinski definition) is 5. The third-order valence-electron chi connectivity index (χ3n) is 5.03. The van der Waals surface area contributed by atoms with E-state index < -0.39 is 5.60 Å². The molecule has 0 radical (unpaired) electrons. The monoisotopic (exact) mass is 400 g/mol. The molecule has 0 aromatic carbocycles. The number of thiophene rings is 1. The van der Waals surface area contributed by atoms with Gasteiger partial charge in [-0.05, 0) is 83.9 Å². The molecule has 1 aliphatic heterocycles. The Morgan fingerprint density at radius 3 is 2.64 bits per heavy atom. The Labute approximate surface area is 173 Å². The van der Waals surface area contributed by atoms with Crippen LogP contribution in [0.25, 0.3) is 0 Å². The molecule has 1 N–H and O–H groups in total. The Balaban J connectivity index is 1.41. The molecule has 0 unspecified atom stereocenters. The van der Waals surface area contributed by atoms with Crippen molar-refractivity contribution >= 4 is 11.3 Å². The van der Waals surface area contributed by atoms with Crippen molar-refractivity contribution in [3.05, 3.63) is 45.5 Å². The Kier molecular flexibility index (Phi) is 7.00. The lowest BCUT2D eigenvalue weighted by atomic mass is 9.96. The van der Waals surface area contributed by atoms with Crippen molar-refractivity contribution < 1.29 is 9.52 Å². The van der Waals surface area contributed by atoms with Crippen molar-refractivity contribution in [2.75, 3.05) is 26.7 Å². The van der Waals surface area contributed by atoms with Gasteiger partial charge in [0, 0.05) is 18.0 Å². The van der Waals surface area contributed by atoms with Crippen molar-refractivity contribution in [1.82, 2.24) is 9.80 Å². The number of hydrogen-bond donors (Lipinski definition) is 1. The molecule has 2 aromatic rings. The predicted octanol–water partition coefficient (Wildman–Crippen LogP) is 4.12. The highest BCUT2D eigenvalue weighted by atomic mass is 32.1. The van der Waals surface area contributed by atoms with Crippen LogP contribution in [0, 0.1) is 24.7 Å². The SMILES string of the molecule is Cc1ccc(CN2CCC(CN(C)Cc3ccc(C#CC(C)(C)O)s3)CC2)o1. The second-order valence-electron chi connectivity index (χ2n) is 8.50. The van der Waals surface area contributed by atoms with Gasteiger partial charge in [0.2, 0.25) is 0 Å². The summed E-state index contributed by atoms with van der Waals surface area (Å²) in [7, 11) is 2.21. The minimum atomic E-state index is -0.939. The topological polar surface area (TPSA) is 39.9 Å². The molecule has 0 spiro atoms. The summed E-state index contributed by atoms with van der Waals surface area (Å²) in [4.78, 5) is 7.27. The molecule has 1 saturated heterocycles. The van der Waals surface area contributed by atoms with E-state index in [4.69, 9.17) is 4.42 Å². The maximum absolute atomic E-state index is 9.73. The number of piperidine rings is 1. The fourth-order valence-corrected chi connectivity index (χ4v) is 4.58. The Morgan fingerprint density at radius 2 is 2.00 bits per heavy atom. The van der Waals surface area contributed by atoms with E-state index in [1.54, 1.807) is 25.2 Å². The zero-order valence-electron chi connectivity index (χ0n) is 17.5. The van der Waals surface area contributed by atoms with Crippen LogP contribution in [0.3, 0.4) is 0 Å². The Bertz CT molecular complexity index is 814. The minimum absolute atomic E-state index is 0.758. The molecule has 152 valence electrons. The number of nitrogens with zero attached hydrogens (tertiary/aromatic N) is 2. The van der Waals surface area contributed by atoms with Crippen molar-refractivity contribution in [2.45, 2.75) is 52.3 Å². The van der Waals surface area contributed by atoms with Crippen LogP contribution in [0.4, 0.5) is 0 Å². The predicted molar refractivity (Wildman–Crippen MR) is 115 cm³/mol. The highest BCUT2D eigenvalue weighted by Gasteiger charge is 2.21. The van der Waals surface area contributed by atoms with Gasteiger partial charge >= 0.3 is 0 Å². The summed E-state index contributed by atoms with van der Waals surface area (Å²) in [6.45, 7) is 10.7. The van der Waals surface area contributed by atoms with Gasteiger partial charge in [-0.1, -0.05) is 11.8 Å². The average molecular weight is 401 g/mol. The normalized spacial score (nSPS) is 16.4. The number of aryl methyl sites for hydroxylation is 1. The van der Waals surface area contributed by atoms with E-state index in [0.29, 0.717) is 0 Å². The van der Waals surface area contributed by atoms with Gasteiger partial charge in [0.25, 0.3) is 0 Å². The summed E-state index contributed by atoms with van der Waals surface area (Å²) in [5, 5.41) is 9.73. The fourth-order valence-electron chi connectivity index (χ4n) is 3.63. The molecular weight excluding hydrogens is 368 g/mol. The lowest BCUT2D eigenvalue weighted by molar-refractivity contribution is 0.140. The van der Waals surface area contributed by atoms with Gasteiger partial charge in [0.05, 0.1) is 11.4 Å². The van der Waals surface area contributed by atoms with Crippen LogP contribution in [-0.4, -0.2) is 47.2 Å². The number of furan rings is 1. The summed E-state index contributed by atoms with van der Waals surface area (Å²) in [6, 6.07) is 8.35. The summed E-state index contributed by atoms with van der Waals surface area (Å²) in [6.07, 6.45) is 2.49. The molecule has 0 aliphatic carbocycles. The molecule has 3 heterocycles. The maximum atomic E-state index is 9.73. The molecule has 1 aliphatic rings. The fraction of sp³-hybridized carbons (Fsp3) is 0.565. The smallest absolute Gasteiger partial charge is 0.120 e. The first-order valence-electron chi connectivity index (χ1n) is 10.1. The molecule has 0 amide bonds. The van der Waals surface area contributed by atoms with Crippen LogP contribution in [0.15, 0.2) is 28.7 Å². The van der Waals surface area contributed by atoms with Crippen LogP contribution < -0.4 is 0 Å². The third kappa shape index (κ3) is 6.79. The molecule has 5 heteroatoms. The zero-order valence-corrected chi connectivity index (χ0v) is 18.3. The van der Waals surface area contributed by atoms with Crippen LogP contribution in [0.1, 0.15) is 48.0 Å². The molecular formula is C23H32N2O2S. The maximum Gasteiger partial charge on any atom is 0.120 e. The van der Waals surface area contributed by atoms with E-state index in [0.717, 1.165) is 55.0 Å². The number of aliphatic hydroxyl groups is 1. The van der Waals surface area contributed by atoms with Crippen molar-refractivity contribution in [3.63, 3.8) is 0 Å². The highest BCUT2D eigenvalue weighted by molar-refractivity contribution is 7.12. The average Bonchev–Trinajstić information content (AvgIpc) is 3.23. The van der Waals surface area contributed by atoms with Gasteiger partial charge < -0.3 is 14.4 Å². The van der Waals surface area contributed by atoms with Gasteiger partial charge in [0.1, 0.15) is 17.1 Å². The minimum Gasteiger partial charge on any atom is -0.465 e. The van der Waals surface area contributed by atoms with E-state index in [2.05, 4.69) is 46.9 Å². The molecule has 0 atom stereocenters. The molecule has 0 saturated carbocycles. The zero-order chi connectivity index (χ0) is 20.1. The summed E-state index contributed by atoms with van der Waals surface area (Å²) >= 11 is 1.72. The quantitative estimate of drug-likeness (QED) is 0.741. The van der Waals surface area contributed by atoms with Crippen molar-refractivity contribution in [1.29, 1.82) is 0 Å². The van der Waals surface area contributed by atoms with Crippen LogP contribution >= 0.6 is 11.3 Å². The number of rotatable bonds is 6. The summed E-state index contributed by atoms with van der Waals surface area (Å²) < 4.78 is 5.71. The van der Waals surface area contributed by atoms with Crippen LogP contribution in [-0.2, 0) is 13.1 Å². The second-order valence-corrected chi connectivity index (χ2v) is 9.67. The van der Waals surface area contributed by atoms with Crippen LogP contribution in [0.2, 0.25) is 0 Å². The van der Waals surface area contributed by atoms with Crippen molar-refractivity contribution in [3.8, 4) is 11.8 Å². The van der Waals surface area contributed by atoms with Crippen LogP contribution in [0.5, 0.6) is 0 Å². The molecule has 2 aromatic heterocycles. The van der Waals surface area contributed by atoms with E-state index in [1.807, 2.05) is 13.0 Å². The second kappa shape index (κ2) is 9.28. The first-order chi connectivity index (χ1) is 13.3. The highest BCUT2D eigenvalue weighted by Crippen LogP contribution is 2.22. The Hall–Kier alpha value is -1.58. The standard InChI is InChI=1S/C23H32N2O2S/c1-18-5-6-20(27-18)16-25-13-10-19(11-14-25)15-24(4)17-22-8-7-21(28-22)9-12-23(2,3)26/h5-8,19,26H,10-11,13-17H2,1-4H3. The molecule has 28 heavy (non-hydrogen) atoms. The van der Waals surface area contributed by atoms with E-state index in [-0.39, 0.29) is 0 Å².